The predicted octanol–water partition coefficient (Wildman–Crippen LogP) is 1.79. The van der Waals surface area contributed by atoms with Crippen LogP contribution in [0.4, 0.5) is 0 Å². The summed E-state index contributed by atoms with van der Waals surface area (Å²) in [6.45, 7) is -0.287. The van der Waals surface area contributed by atoms with Crippen LogP contribution in [0.1, 0.15) is 16.1 Å². The summed E-state index contributed by atoms with van der Waals surface area (Å²) in [6, 6.07) is 19.3. The third-order valence-corrected chi connectivity index (χ3v) is 3.56. The van der Waals surface area contributed by atoms with Crippen molar-refractivity contribution >= 4 is 11.8 Å². The highest BCUT2D eigenvalue weighted by molar-refractivity contribution is 5.94. The van der Waals surface area contributed by atoms with Gasteiger partial charge in [-0.3, -0.25) is 25.5 Å². The molecule has 27 heavy (non-hydrogen) atoms. The second-order valence-corrected chi connectivity index (χ2v) is 5.46. The standard InChI is InChI=1S/C19H15N5O3/c20-11-13-6-8-15(9-7-13)27-12-18(25)23-24-19(26)17-10-16(21-22-17)14-4-2-1-3-5-14/h1-10H,12H2,(H,21,22)(H,23,25)(H,24,26). The first-order chi connectivity index (χ1) is 13.2. The van der Waals surface area contributed by atoms with E-state index in [1.54, 1.807) is 30.3 Å². The van der Waals surface area contributed by atoms with Crippen LogP contribution in [0.2, 0.25) is 0 Å². The van der Waals surface area contributed by atoms with Crippen LogP contribution in [0.25, 0.3) is 11.3 Å². The summed E-state index contributed by atoms with van der Waals surface area (Å²) in [4.78, 5) is 23.8. The molecule has 0 aliphatic carbocycles. The highest BCUT2D eigenvalue weighted by Gasteiger charge is 2.12. The minimum Gasteiger partial charge on any atom is -0.484 e. The molecular formula is C19H15N5O3. The van der Waals surface area contributed by atoms with Gasteiger partial charge in [-0.2, -0.15) is 10.4 Å². The minimum atomic E-state index is -0.532. The van der Waals surface area contributed by atoms with E-state index in [2.05, 4.69) is 21.0 Å². The number of aromatic amines is 1. The Bertz CT molecular complexity index is 975. The minimum absolute atomic E-state index is 0.210. The van der Waals surface area contributed by atoms with E-state index in [1.807, 2.05) is 36.4 Å². The molecular weight excluding hydrogens is 346 g/mol. The largest absolute Gasteiger partial charge is 0.484 e. The zero-order valence-electron chi connectivity index (χ0n) is 14.1. The third kappa shape index (κ3) is 4.70. The highest BCUT2D eigenvalue weighted by atomic mass is 16.5. The molecule has 2 amide bonds. The van der Waals surface area contributed by atoms with Gasteiger partial charge in [0.25, 0.3) is 11.8 Å². The molecule has 0 atom stereocenters. The summed E-state index contributed by atoms with van der Waals surface area (Å²) >= 11 is 0. The van der Waals surface area contributed by atoms with Gasteiger partial charge in [-0.1, -0.05) is 30.3 Å². The normalized spacial score (nSPS) is 9.89. The number of hydrogen-bond acceptors (Lipinski definition) is 5. The van der Waals surface area contributed by atoms with Crippen LogP contribution in [0, 0.1) is 11.3 Å². The second kappa shape index (κ2) is 8.31. The summed E-state index contributed by atoms with van der Waals surface area (Å²) in [5, 5.41) is 15.4. The third-order valence-electron chi connectivity index (χ3n) is 3.56. The van der Waals surface area contributed by atoms with Crippen molar-refractivity contribution in [2.24, 2.45) is 0 Å². The zero-order chi connectivity index (χ0) is 19.1. The number of hydrazine groups is 1. The van der Waals surface area contributed by atoms with Gasteiger partial charge >= 0.3 is 0 Å². The molecule has 0 aliphatic heterocycles. The molecule has 3 N–H and O–H groups in total. The van der Waals surface area contributed by atoms with E-state index in [-0.39, 0.29) is 12.3 Å². The number of aromatic nitrogens is 2. The smallest absolute Gasteiger partial charge is 0.287 e. The van der Waals surface area contributed by atoms with Crippen LogP contribution in [-0.2, 0) is 4.79 Å². The molecule has 3 rings (SSSR count). The summed E-state index contributed by atoms with van der Waals surface area (Å²) in [5.74, 6) is -0.622. The average Bonchev–Trinajstić information content (AvgIpc) is 3.22. The van der Waals surface area contributed by atoms with Gasteiger partial charge in [0.05, 0.1) is 17.3 Å². The number of nitrogens with one attached hydrogen (secondary N) is 3. The molecule has 0 bridgehead atoms. The number of amides is 2. The lowest BCUT2D eigenvalue weighted by molar-refractivity contribution is -0.123. The maximum absolute atomic E-state index is 12.1. The summed E-state index contributed by atoms with van der Waals surface area (Å²) in [6.07, 6.45) is 0. The van der Waals surface area contributed by atoms with Crippen LogP contribution < -0.4 is 15.6 Å². The van der Waals surface area contributed by atoms with Crippen LogP contribution in [-0.4, -0.2) is 28.6 Å². The van der Waals surface area contributed by atoms with Gasteiger partial charge in [0.2, 0.25) is 0 Å². The Balaban J connectivity index is 1.48. The maximum atomic E-state index is 12.1. The maximum Gasteiger partial charge on any atom is 0.287 e. The SMILES string of the molecule is N#Cc1ccc(OCC(=O)NNC(=O)c2cc(-c3ccccc3)n[nH]2)cc1. The molecule has 0 fully saturated rings. The van der Waals surface area contributed by atoms with Crippen molar-refractivity contribution in [2.75, 3.05) is 6.61 Å². The molecule has 0 saturated carbocycles. The van der Waals surface area contributed by atoms with E-state index in [0.717, 1.165) is 5.56 Å². The molecule has 0 saturated heterocycles. The number of nitriles is 1. The predicted molar refractivity (Wildman–Crippen MR) is 96.3 cm³/mol. The Hall–Kier alpha value is -4.12. The number of ether oxygens (including phenoxy) is 1. The van der Waals surface area contributed by atoms with Crippen molar-refractivity contribution in [3.05, 3.63) is 71.9 Å². The molecule has 0 radical (unpaired) electrons. The van der Waals surface area contributed by atoms with Gasteiger partial charge in [-0.05, 0) is 30.3 Å². The quantitative estimate of drug-likeness (QED) is 0.599. The summed E-state index contributed by atoms with van der Waals surface area (Å²) < 4.78 is 5.27. The Labute approximate surface area is 154 Å². The topological polar surface area (TPSA) is 120 Å². The molecule has 1 heterocycles. The first-order valence-electron chi connectivity index (χ1n) is 7.98. The van der Waals surface area contributed by atoms with E-state index in [4.69, 9.17) is 10.00 Å². The lowest BCUT2D eigenvalue weighted by Crippen LogP contribution is -2.44. The monoisotopic (exact) mass is 361 g/mol. The molecule has 3 aromatic rings. The summed E-state index contributed by atoms with van der Waals surface area (Å²) in [5.41, 5.74) is 6.74. The van der Waals surface area contributed by atoms with Gasteiger partial charge in [0.15, 0.2) is 6.61 Å². The van der Waals surface area contributed by atoms with Crippen molar-refractivity contribution in [3.8, 4) is 23.1 Å². The number of carbonyl (C=O) groups excluding carboxylic acids is 2. The van der Waals surface area contributed by atoms with E-state index < -0.39 is 11.8 Å². The van der Waals surface area contributed by atoms with E-state index in [9.17, 15) is 9.59 Å². The molecule has 134 valence electrons. The first-order valence-corrected chi connectivity index (χ1v) is 7.98. The Morgan fingerprint density at radius 3 is 2.52 bits per heavy atom. The van der Waals surface area contributed by atoms with Crippen molar-refractivity contribution in [3.63, 3.8) is 0 Å². The van der Waals surface area contributed by atoms with Crippen LogP contribution in [0.5, 0.6) is 5.75 Å². The van der Waals surface area contributed by atoms with E-state index >= 15 is 0 Å². The number of benzene rings is 2. The van der Waals surface area contributed by atoms with Crippen LogP contribution in [0.3, 0.4) is 0 Å². The fraction of sp³-hybridized carbons (Fsp3) is 0.0526. The van der Waals surface area contributed by atoms with Gasteiger partial charge in [0, 0.05) is 5.56 Å². The van der Waals surface area contributed by atoms with Crippen LogP contribution >= 0.6 is 0 Å². The highest BCUT2D eigenvalue weighted by Crippen LogP contribution is 2.16. The van der Waals surface area contributed by atoms with Gasteiger partial charge in [-0.15, -0.1) is 0 Å². The molecule has 2 aromatic carbocycles. The molecule has 0 unspecified atom stereocenters. The van der Waals surface area contributed by atoms with Crippen molar-refractivity contribution < 1.29 is 14.3 Å². The van der Waals surface area contributed by atoms with Crippen molar-refractivity contribution in [1.29, 1.82) is 5.26 Å². The number of hydrogen-bond donors (Lipinski definition) is 3. The lowest BCUT2D eigenvalue weighted by Gasteiger charge is -2.08. The van der Waals surface area contributed by atoms with Gasteiger partial charge in [-0.25, -0.2) is 0 Å². The van der Waals surface area contributed by atoms with Crippen LogP contribution in [0.15, 0.2) is 60.7 Å². The molecule has 1 aromatic heterocycles. The molecule has 8 heteroatoms. The van der Waals surface area contributed by atoms with E-state index in [1.165, 1.54) is 0 Å². The number of nitrogens with zero attached hydrogens (tertiary/aromatic N) is 2. The van der Waals surface area contributed by atoms with E-state index in [0.29, 0.717) is 17.0 Å². The molecule has 0 spiro atoms. The fourth-order valence-corrected chi connectivity index (χ4v) is 2.20. The van der Waals surface area contributed by atoms with Gasteiger partial charge < -0.3 is 4.74 Å². The number of H-pyrrole nitrogens is 1. The molecule has 0 aliphatic rings. The van der Waals surface area contributed by atoms with Crippen molar-refractivity contribution in [1.82, 2.24) is 21.0 Å². The van der Waals surface area contributed by atoms with Crippen molar-refractivity contribution in [2.45, 2.75) is 0 Å². The van der Waals surface area contributed by atoms with Gasteiger partial charge in [0.1, 0.15) is 11.4 Å². The summed E-state index contributed by atoms with van der Waals surface area (Å²) in [7, 11) is 0. The molecule has 8 nitrogen and oxygen atoms in total. The fourth-order valence-electron chi connectivity index (χ4n) is 2.20. The zero-order valence-corrected chi connectivity index (χ0v) is 14.1. The second-order valence-electron chi connectivity index (χ2n) is 5.46. The lowest BCUT2D eigenvalue weighted by atomic mass is 10.1. The number of carbonyl (C=O) groups is 2. The Kier molecular flexibility index (Phi) is 5.45. The number of rotatable bonds is 5. The Morgan fingerprint density at radius 2 is 1.81 bits per heavy atom. The first kappa shape index (κ1) is 17.7. The average molecular weight is 361 g/mol. The Morgan fingerprint density at radius 1 is 1.07 bits per heavy atom.